The van der Waals surface area contributed by atoms with E-state index in [1.165, 1.54) is 29.7 Å². The number of halogens is 5. The number of carbonyl (C=O) groups is 1. The van der Waals surface area contributed by atoms with Crippen LogP contribution in [-0.2, 0) is 29.8 Å². The van der Waals surface area contributed by atoms with Gasteiger partial charge >= 0.3 is 6.18 Å². The summed E-state index contributed by atoms with van der Waals surface area (Å²) in [7, 11) is 0. The lowest BCUT2D eigenvalue weighted by Crippen LogP contribution is -2.37. The van der Waals surface area contributed by atoms with Crippen molar-refractivity contribution in [1.82, 2.24) is 9.47 Å². The lowest BCUT2D eigenvalue weighted by atomic mass is 9.99. The third-order valence-corrected chi connectivity index (χ3v) is 6.83. The Kier molecular flexibility index (Phi) is 8.67. The van der Waals surface area contributed by atoms with Gasteiger partial charge in [-0.2, -0.15) is 22.0 Å². The van der Waals surface area contributed by atoms with E-state index in [-0.39, 0.29) is 29.8 Å². The van der Waals surface area contributed by atoms with Gasteiger partial charge in [0.1, 0.15) is 0 Å². The summed E-state index contributed by atoms with van der Waals surface area (Å²) in [5.41, 5.74) is 0.0769. The second kappa shape index (κ2) is 11.8. The fourth-order valence-electron chi connectivity index (χ4n) is 4.89. The molecule has 204 valence electrons. The number of hydrogen-bond acceptors (Lipinski definition) is 3. The molecule has 3 aromatic rings. The average Bonchev–Trinajstić information content (AvgIpc) is 3.29. The van der Waals surface area contributed by atoms with Gasteiger partial charge < -0.3 is 9.30 Å². The van der Waals surface area contributed by atoms with Gasteiger partial charge in [0.2, 0.25) is 0 Å². The van der Waals surface area contributed by atoms with Gasteiger partial charge in [0, 0.05) is 43.9 Å². The van der Waals surface area contributed by atoms with Crippen LogP contribution in [0.25, 0.3) is 11.3 Å². The van der Waals surface area contributed by atoms with Crippen LogP contribution in [0.15, 0.2) is 60.7 Å². The van der Waals surface area contributed by atoms with Crippen LogP contribution in [0.4, 0.5) is 22.0 Å². The summed E-state index contributed by atoms with van der Waals surface area (Å²) in [6.45, 7) is 5.03. The molecule has 0 atom stereocenters. The van der Waals surface area contributed by atoms with E-state index in [1.54, 1.807) is 12.1 Å². The number of ketones is 1. The fourth-order valence-corrected chi connectivity index (χ4v) is 4.89. The highest BCUT2D eigenvalue weighted by Gasteiger charge is 2.39. The van der Waals surface area contributed by atoms with Gasteiger partial charge in [0.25, 0.3) is 5.92 Å². The van der Waals surface area contributed by atoms with Crippen molar-refractivity contribution < 1.29 is 31.5 Å². The molecule has 0 aliphatic carbocycles. The highest BCUT2D eigenvalue weighted by Crippen LogP contribution is 2.40. The van der Waals surface area contributed by atoms with E-state index in [9.17, 15) is 18.0 Å². The first-order valence-corrected chi connectivity index (χ1v) is 12.7. The van der Waals surface area contributed by atoms with Crippen LogP contribution in [0.5, 0.6) is 0 Å². The van der Waals surface area contributed by atoms with Gasteiger partial charge in [-0.25, -0.2) is 0 Å². The first kappa shape index (κ1) is 28.0. The molecule has 0 bridgehead atoms. The minimum absolute atomic E-state index is 0.0655. The summed E-state index contributed by atoms with van der Waals surface area (Å²) in [5, 5.41) is 0. The number of carbonyl (C=O) groups excluding carboxylic acids is 1. The lowest BCUT2D eigenvalue weighted by Gasteiger charge is -2.27. The Morgan fingerprint density at radius 3 is 2.29 bits per heavy atom. The minimum atomic E-state index is -4.56. The van der Waals surface area contributed by atoms with Crippen molar-refractivity contribution in [2.24, 2.45) is 0 Å². The van der Waals surface area contributed by atoms with E-state index in [1.807, 2.05) is 18.2 Å². The molecule has 4 nitrogen and oxygen atoms in total. The van der Waals surface area contributed by atoms with Gasteiger partial charge in [-0.15, -0.1) is 0 Å². The van der Waals surface area contributed by atoms with E-state index >= 15 is 8.78 Å². The molecule has 1 fully saturated rings. The third-order valence-electron chi connectivity index (χ3n) is 6.83. The van der Waals surface area contributed by atoms with Crippen LogP contribution in [0.1, 0.15) is 46.9 Å². The van der Waals surface area contributed by atoms with Gasteiger partial charge in [-0.05, 0) is 43.0 Å². The Morgan fingerprint density at radius 2 is 1.63 bits per heavy atom. The topological polar surface area (TPSA) is 34.5 Å². The van der Waals surface area contributed by atoms with Gasteiger partial charge in [0.15, 0.2) is 5.78 Å². The zero-order chi connectivity index (χ0) is 27.3. The van der Waals surface area contributed by atoms with Crippen LogP contribution < -0.4 is 0 Å². The molecule has 2 aromatic carbocycles. The number of aryl methyl sites for hydroxylation is 1. The summed E-state index contributed by atoms with van der Waals surface area (Å²) < 4.78 is 78.2. The average molecular weight is 535 g/mol. The molecule has 4 rings (SSSR count). The molecular formula is C29H31F5N2O2. The number of Topliss-reactive ketones (excluding diaryl/α,β-unsaturated/α-hetero) is 1. The smallest absolute Gasteiger partial charge is 0.379 e. The van der Waals surface area contributed by atoms with Gasteiger partial charge in [-0.3, -0.25) is 9.69 Å². The highest BCUT2D eigenvalue weighted by atomic mass is 19.4. The number of nitrogens with zero attached hydrogens (tertiary/aromatic N) is 2. The van der Waals surface area contributed by atoms with Crippen LogP contribution in [0.3, 0.4) is 0 Å². The molecule has 0 saturated carbocycles. The molecule has 0 N–H and O–H groups in total. The number of hydrogen-bond donors (Lipinski definition) is 0. The van der Waals surface area contributed by atoms with Crippen molar-refractivity contribution in [3.05, 3.63) is 83.0 Å². The summed E-state index contributed by atoms with van der Waals surface area (Å²) >= 11 is 0. The first-order valence-electron chi connectivity index (χ1n) is 12.7. The number of benzene rings is 2. The zero-order valence-electron chi connectivity index (χ0n) is 21.2. The number of morpholine rings is 1. The zero-order valence-corrected chi connectivity index (χ0v) is 21.2. The first-order chi connectivity index (χ1) is 18.1. The Bertz CT molecular complexity index is 1230. The van der Waals surface area contributed by atoms with E-state index in [0.717, 1.165) is 25.2 Å². The second-order valence-electron chi connectivity index (χ2n) is 9.58. The predicted octanol–water partition coefficient (Wildman–Crippen LogP) is 6.82. The summed E-state index contributed by atoms with van der Waals surface area (Å²) in [6.07, 6.45) is -4.97. The minimum Gasteiger partial charge on any atom is -0.379 e. The number of rotatable bonds is 10. The Hall–Kier alpha value is -3.04. The van der Waals surface area contributed by atoms with Crippen molar-refractivity contribution in [3.63, 3.8) is 0 Å². The van der Waals surface area contributed by atoms with E-state index < -0.39 is 29.9 Å². The summed E-state index contributed by atoms with van der Waals surface area (Å²) in [5.74, 6) is -3.93. The molecule has 0 amide bonds. The molecule has 0 spiro atoms. The maximum absolute atomic E-state index is 15.9. The molecule has 1 aliphatic rings. The highest BCUT2D eigenvalue weighted by molar-refractivity contribution is 5.97. The van der Waals surface area contributed by atoms with Crippen molar-refractivity contribution in [2.45, 2.75) is 44.8 Å². The summed E-state index contributed by atoms with van der Waals surface area (Å²) in [6, 6.07) is 15.0. The Labute approximate surface area is 219 Å². The quantitative estimate of drug-likeness (QED) is 0.211. The second-order valence-corrected chi connectivity index (χ2v) is 9.58. The molecule has 9 heteroatoms. The van der Waals surface area contributed by atoms with Crippen LogP contribution in [-0.4, -0.2) is 48.1 Å². The molecule has 1 saturated heterocycles. The molecule has 1 aromatic heterocycles. The number of alkyl halides is 5. The molecule has 1 aliphatic heterocycles. The predicted molar refractivity (Wildman–Crippen MR) is 135 cm³/mol. The SMILES string of the molecule is CC(=O)c1cc(-c2ccccc2)n(CCCN2CCOCC2)c1C(F)(F)CCc1cccc(C(F)(F)F)c1. The Morgan fingerprint density at radius 1 is 0.921 bits per heavy atom. The van der Waals surface area contributed by atoms with Crippen LogP contribution in [0.2, 0.25) is 0 Å². The third kappa shape index (κ3) is 6.69. The van der Waals surface area contributed by atoms with Crippen LogP contribution in [0, 0.1) is 0 Å². The standard InChI is InChI=1S/C29H31F5N2O2/c1-21(37)25-20-26(23-8-3-2-4-9-23)36(14-6-13-35-15-17-38-18-16-35)27(25)28(30,31)12-11-22-7-5-10-24(19-22)29(32,33)34/h2-5,7-10,19-20H,6,11-18H2,1H3. The fraction of sp³-hybridized carbons (Fsp3) is 0.414. The van der Waals surface area contributed by atoms with Crippen molar-refractivity contribution in [1.29, 1.82) is 0 Å². The summed E-state index contributed by atoms with van der Waals surface area (Å²) in [4.78, 5) is 14.8. The lowest BCUT2D eigenvalue weighted by molar-refractivity contribution is -0.137. The molecule has 0 radical (unpaired) electrons. The van der Waals surface area contributed by atoms with E-state index in [2.05, 4.69) is 4.90 Å². The number of aromatic nitrogens is 1. The van der Waals surface area contributed by atoms with Crippen molar-refractivity contribution in [3.8, 4) is 11.3 Å². The monoisotopic (exact) mass is 534 g/mol. The van der Waals surface area contributed by atoms with Crippen molar-refractivity contribution >= 4 is 5.78 Å². The van der Waals surface area contributed by atoms with Crippen LogP contribution >= 0.6 is 0 Å². The molecule has 2 heterocycles. The number of ether oxygens (including phenoxy) is 1. The van der Waals surface area contributed by atoms with Gasteiger partial charge in [0.05, 0.1) is 24.5 Å². The van der Waals surface area contributed by atoms with E-state index in [4.69, 9.17) is 4.74 Å². The molecular weight excluding hydrogens is 503 g/mol. The normalized spacial score (nSPS) is 15.1. The molecule has 38 heavy (non-hydrogen) atoms. The van der Waals surface area contributed by atoms with Gasteiger partial charge in [-0.1, -0.05) is 48.5 Å². The molecule has 0 unspecified atom stereocenters. The maximum atomic E-state index is 15.9. The largest absolute Gasteiger partial charge is 0.416 e. The van der Waals surface area contributed by atoms with Crippen molar-refractivity contribution in [2.75, 3.05) is 32.8 Å². The Balaban J connectivity index is 1.66. The maximum Gasteiger partial charge on any atom is 0.416 e. The van der Waals surface area contributed by atoms with E-state index in [0.29, 0.717) is 37.4 Å².